The van der Waals surface area contributed by atoms with Crippen LogP contribution < -0.4 is 5.32 Å². The van der Waals surface area contributed by atoms with Gasteiger partial charge in [-0.1, -0.05) is 44.2 Å². The lowest BCUT2D eigenvalue weighted by atomic mass is 9.99. The standard InChI is InChI=1S/C20H25FN4O3S/c1-4-12(2)17(19(27)28-3)22-16(26)11-29-20-24-23-18(25(20)13-9-10-13)14-7-5-6-8-15(14)21/h5-8,12-13,17H,4,9-11H2,1-3H3,(H,22,26)/t12-,17+/m0/s1. The molecule has 9 heteroatoms. The fraction of sp³-hybridized carbons (Fsp3) is 0.500. The van der Waals surface area contributed by atoms with Crippen molar-refractivity contribution < 1.29 is 18.7 Å². The average molecular weight is 421 g/mol. The van der Waals surface area contributed by atoms with E-state index in [2.05, 4.69) is 15.5 Å². The number of thioether (sulfide) groups is 1. The normalized spacial score (nSPS) is 15.6. The lowest BCUT2D eigenvalue weighted by Gasteiger charge is -2.21. The topological polar surface area (TPSA) is 86.1 Å². The average Bonchev–Trinajstić information content (AvgIpc) is 3.49. The monoisotopic (exact) mass is 420 g/mol. The number of hydrogen-bond donors (Lipinski definition) is 1. The molecule has 3 rings (SSSR count). The maximum atomic E-state index is 14.2. The molecule has 2 aromatic rings. The smallest absolute Gasteiger partial charge is 0.328 e. The summed E-state index contributed by atoms with van der Waals surface area (Å²) in [6, 6.07) is 5.98. The van der Waals surface area contributed by atoms with Crippen LogP contribution in [0.4, 0.5) is 4.39 Å². The molecule has 1 N–H and O–H groups in total. The van der Waals surface area contributed by atoms with Crippen LogP contribution in [0.3, 0.4) is 0 Å². The van der Waals surface area contributed by atoms with Crippen LogP contribution in [0.1, 0.15) is 39.2 Å². The minimum absolute atomic E-state index is 0.0424. The number of carbonyl (C=O) groups excluding carboxylic acids is 2. The zero-order valence-corrected chi connectivity index (χ0v) is 17.5. The third-order valence-corrected chi connectivity index (χ3v) is 5.95. The van der Waals surface area contributed by atoms with Gasteiger partial charge in [0, 0.05) is 6.04 Å². The molecule has 1 amide bonds. The van der Waals surface area contributed by atoms with Gasteiger partial charge in [-0.05, 0) is 30.9 Å². The fourth-order valence-electron chi connectivity index (χ4n) is 3.00. The summed E-state index contributed by atoms with van der Waals surface area (Å²) in [6.07, 6.45) is 2.67. The molecule has 0 aliphatic heterocycles. The molecule has 7 nitrogen and oxygen atoms in total. The number of carbonyl (C=O) groups is 2. The Balaban J connectivity index is 1.72. The highest BCUT2D eigenvalue weighted by molar-refractivity contribution is 7.99. The van der Waals surface area contributed by atoms with E-state index >= 15 is 0 Å². The quantitative estimate of drug-likeness (QED) is 0.495. The zero-order valence-electron chi connectivity index (χ0n) is 16.7. The van der Waals surface area contributed by atoms with Gasteiger partial charge in [0.05, 0.1) is 18.4 Å². The Kier molecular flexibility index (Phi) is 6.89. The third kappa shape index (κ3) is 4.95. The van der Waals surface area contributed by atoms with E-state index in [1.165, 1.54) is 24.9 Å². The molecule has 156 valence electrons. The molecular weight excluding hydrogens is 395 g/mol. The van der Waals surface area contributed by atoms with Crippen LogP contribution in [-0.4, -0.2) is 45.5 Å². The van der Waals surface area contributed by atoms with Crippen LogP contribution in [0.15, 0.2) is 29.4 Å². The van der Waals surface area contributed by atoms with Gasteiger partial charge < -0.3 is 10.1 Å². The van der Waals surface area contributed by atoms with Crippen LogP contribution in [0.25, 0.3) is 11.4 Å². The van der Waals surface area contributed by atoms with E-state index in [1.54, 1.807) is 18.2 Å². The van der Waals surface area contributed by atoms with E-state index in [0.29, 0.717) is 16.5 Å². The molecule has 1 saturated carbocycles. The maximum Gasteiger partial charge on any atom is 0.328 e. The summed E-state index contributed by atoms with van der Waals surface area (Å²) in [5.41, 5.74) is 0.394. The lowest BCUT2D eigenvalue weighted by Crippen LogP contribution is -2.46. The van der Waals surface area contributed by atoms with Crippen LogP contribution in [0, 0.1) is 11.7 Å². The van der Waals surface area contributed by atoms with Gasteiger partial charge in [-0.25, -0.2) is 9.18 Å². The van der Waals surface area contributed by atoms with Crippen molar-refractivity contribution in [2.24, 2.45) is 5.92 Å². The number of methoxy groups -OCH3 is 1. The van der Waals surface area contributed by atoms with Gasteiger partial charge in [-0.15, -0.1) is 10.2 Å². The summed E-state index contributed by atoms with van der Waals surface area (Å²) in [7, 11) is 1.31. The predicted octanol–water partition coefficient (Wildman–Crippen LogP) is 3.22. The largest absolute Gasteiger partial charge is 0.467 e. The molecule has 1 aliphatic rings. The summed E-state index contributed by atoms with van der Waals surface area (Å²) in [6.45, 7) is 3.84. The van der Waals surface area contributed by atoms with Gasteiger partial charge in [0.15, 0.2) is 11.0 Å². The molecule has 0 unspecified atom stereocenters. The van der Waals surface area contributed by atoms with E-state index in [9.17, 15) is 14.0 Å². The Labute approximate surface area is 173 Å². The van der Waals surface area contributed by atoms with E-state index in [0.717, 1.165) is 19.3 Å². The number of nitrogens with one attached hydrogen (secondary N) is 1. The van der Waals surface area contributed by atoms with Crippen molar-refractivity contribution in [3.8, 4) is 11.4 Å². The number of nitrogens with zero attached hydrogens (tertiary/aromatic N) is 3. The van der Waals surface area contributed by atoms with Crippen LogP contribution in [0.5, 0.6) is 0 Å². The number of benzene rings is 1. The number of ether oxygens (including phenoxy) is 1. The molecule has 0 bridgehead atoms. The number of aromatic nitrogens is 3. The lowest BCUT2D eigenvalue weighted by molar-refractivity contribution is -0.146. The van der Waals surface area contributed by atoms with Gasteiger partial charge in [0.2, 0.25) is 5.91 Å². The second-order valence-corrected chi connectivity index (χ2v) is 8.07. The number of rotatable bonds is 9. The van der Waals surface area contributed by atoms with Crippen LogP contribution in [-0.2, 0) is 14.3 Å². The SMILES string of the molecule is CC[C@H](C)[C@@H](NC(=O)CSc1nnc(-c2ccccc2F)n1C1CC1)C(=O)OC. The highest BCUT2D eigenvalue weighted by Gasteiger charge is 2.32. The molecule has 1 aliphatic carbocycles. The van der Waals surface area contributed by atoms with E-state index in [1.807, 2.05) is 18.4 Å². The first-order valence-electron chi connectivity index (χ1n) is 9.66. The van der Waals surface area contributed by atoms with Crippen LogP contribution in [0.2, 0.25) is 0 Å². The Hall–Kier alpha value is -2.42. The number of esters is 1. The summed E-state index contributed by atoms with van der Waals surface area (Å²) in [5, 5.41) is 11.7. The Morgan fingerprint density at radius 3 is 2.69 bits per heavy atom. The van der Waals surface area contributed by atoms with Gasteiger partial charge in [0.25, 0.3) is 0 Å². The molecule has 0 saturated heterocycles. The Morgan fingerprint density at radius 2 is 2.07 bits per heavy atom. The van der Waals surface area contributed by atoms with Crippen molar-refractivity contribution in [1.29, 1.82) is 0 Å². The molecule has 0 spiro atoms. The van der Waals surface area contributed by atoms with Gasteiger partial charge in [-0.3, -0.25) is 9.36 Å². The molecule has 1 aromatic carbocycles. The second-order valence-electron chi connectivity index (χ2n) is 7.13. The molecule has 1 aromatic heterocycles. The second kappa shape index (κ2) is 9.39. The minimum Gasteiger partial charge on any atom is -0.467 e. The summed E-state index contributed by atoms with van der Waals surface area (Å²) >= 11 is 1.23. The van der Waals surface area contributed by atoms with Crippen molar-refractivity contribution in [2.45, 2.75) is 50.4 Å². The van der Waals surface area contributed by atoms with Gasteiger partial charge in [-0.2, -0.15) is 0 Å². The highest BCUT2D eigenvalue weighted by Crippen LogP contribution is 2.41. The highest BCUT2D eigenvalue weighted by atomic mass is 32.2. The minimum atomic E-state index is -0.687. The summed E-state index contributed by atoms with van der Waals surface area (Å²) in [5.74, 6) is -0.596. The van der Waals surface area contributed by atoms with Crippen LogP contribution >= 0.6 is 11.8 Å². The molecular formula is C20H25FN4O3S. The van der Waals surface area contributed by atoms with Crippen molar-refractivity contribution in [2.75, 3.05) is 12.9 Å². The van der Waals surface area contributed by atoms with Crippen molar-refractivity contribution in [3.05, 3.63) is 30.1 Å². The molecule has 1 heterocycles. The molecule has 1 fully saturated rings. The first-order valence-corrected chi connectivity index (χ1v) is 10.6. The third-order valence-electron chi connectivity index (χ3n) is 5.01. The molecule has 2 atom stereocenters. The van der Waals surface area contributed by atoms with E-state index in [4.69, 9.17) is 4.74 Å². The number of amides is 1. The summed E-state index contributed by atoms with van der Waals surface area (Å²) in [4.78, 5) is 24.4. The van der Waals surface area contributed by atoms with Crippen molar-refractivity contribution in [3.63, 3.8) is 0 Å². The van der Waals surface area contributed by atoms with Crippen molar-refractivity contribution in [1.82, 2.24) is 20.1 Å². The van der Waals surface area contributed by atoms with E-state index < -0.39 is 12.0 Å². The maximum absolute atomic E-state index is 14.2. The van der Waals surface area contributed by atoms with Gasteiger partial charge >= 0.3 is 5.97 Å². The van der Waals surface area contributed by atoms with Gasteiger partial charge in [0.1, 0.15) is 11.9 Å². The summed E-state index contributed by atoms with van der Waals surface area (Å²) < 4.78 is 20.9. The fourth-order valence-corrected chi connectivity index (χ4v) is 3.82. The first-order chi connectivity index (χ1) is 14.0. The molecule has 29 heavy (non-hydrogen) atoms. The van der Waals surface area contributed by atoms with E-state index in [-0.39, 0.29) is 29.4 Å². The van der Waals surface area contributed by atoms with Crippen molar-refractivity contribution >= 4 is 23.6 Å². The zero-order chi connectivity index (χ0) is 21.0. The molecule has 0 radical (unpaired) electrons. The Bertz CT molecular complexity index is 884. The first kappa shape index (κ1) is 21.3. The Morgan fingerprint density at radius 1 is 1.34 bits per heavy atom. The number of halogens is 1. The number of hydrogen-bond acceptors (Lipinski definition) is 6. The predicted molar refractivity (Wildman–Crippen MR) is 108 cm³/mol.